The predicted octanol–water partition coefficient (Wildman–Crippen LogP) is 8.90. The standard InChI is InChI=1S/2C15H24O2.C14H22O3/c1-13(11-14(2)16)7-6-10-17-12-15-8-4-3-5-9-15;1-13(2)11-15(16)9-6-10-17-12-14-7-4-3-5-8-14;1-12(15)10-14(16)8-5-9-17-11-13-6-3-2-4-7-13/h3-5,8-9,13-14,16H,6-7,10-12H2,1-2H3;3-5,7-8,13,15-16H,6,9-12H2,1-2H3;2-4,6-7,12,14-16H,5,8-11H2,1H3. The van der Waals surface area contributed by atoms with Crippen molar-refractivity contribution in [3.05, 3.63) is 108 Å². The number of benzene rings is 3. The van der Waals surface area contributed by atoms with E-state index in [9.17, 15) is 15.3 Å². The molecule has 7 nitrogen and oxygen atoms in total. The Labute approximate surface area is 310 Å². The molecule has 0 bridgehead atoms. The van der Waals surface area contributed by atoms with Crippen molar-refractivity contribution < 1.29 is 34.6 Å². The molecule has 0 fully saturated rings. The third-order valence-electron chi connectivity index (χ3n) is 8.07. The second-order valence-corrected chi connectivity index (χ2v) is 14.3. The zero-order chi connectivity index (χ0) is 37.5. The van der Waals surface area contributed by atoms with Crippen molar-refractivity contribution in [3.63, 3.8) is 0 Å². The van der Waals surface area contributed by atoms with Gasteiger partial charge in [0.05, 0.1) is 44.2 Å². The van der Waals surface area contributed by atoms with E-state index in [4.69, 9.17) is 19.3 Å². The number of ether oxygens (including phenoxy) is 3. The minimum atomic E-state index is -0.435. The molecule has 288 valence electrons. The fraction of sp³-hybridized carbons (Fsp3) is 0.591. The Balaban J connectivity index is 0.000000382. The molecule has 0 amide bonds. The fourth-order valence-electron chi connectivity index (χ4n) is 5.54. The SMILES string of the molecule is CC(C)CC(O)CCCOCc1ccccc1.CC(O)CC(C)CCCOCc1ccccc1.CC(O)CC(O)CCCOCc1ccccc1. The van der Waals surface area contributed by atoms with E-state index in [2.05, 4.69) is 45.0 Å². The average molecular weight is 711 g/mol. The van der Waals surface area contributed by atoms with Gasteiger partial charge in [-0.05, 0) is 100 Å². The van der Waals surface area contributed by atoms with Crippen molar-refractivity contribution in [1.29, 1.82) is 0 Å². The van der Waals surface area contributed by atoms with Gasteiger partial charge >= 0.3 is 0 Å². The normalized spacial score (nSPS) is 14.0. The quantitative estimate of drug-likeness (QED) is 0.0688. The number of rotatable bonds is 24. The van der Waals surface area contributed by atoms with Gasteiger partial charge in [0.25, 0.3) is 0 Å². The molecule has 0 aliphatic heterocycles. The molecule has 0 heterocycles. The van der Waals surface area contributed by atoms with Crippen LogP contribution in [0.4, 0.5) is 0 Å². The van der Waals surface area contributed by atoms with Gasteiger partial charge in [-0.15, -0.1) is 0 Å². The van der Waals surface area contributed by atoms with Crippen LogP contribution < -0.4 is 0 Å². The zero-order valence-electron chi connectivity index (χ0n) is 32.2. The highest BCUT2D eigenvalue weighted by molar-refractivity contribution is 5.14. The summed E-state index contributed by atoms with van der Waals surface area (Å²) in [4.78, 5) is 0. The second-order valence-electron chi connectivity index (χ2n) is 14.3. The van der Waals surface area contributed by atoms with Crippen LogP contribution in [0.1, 0.15) is 109 Å². The van der Waals surface area contributed by atoms with Crippen molar-refractivity contribution in [3.8, 4) is 0 Å². The lowest BCUT2D eigenvalue weighted by molar-refractivity contribution is 0.0672. The van der Waals surface area contributed by atoms with Crippen molar-refractivity contribution in [2.24, 2.45) is 11.8 Å². The van der Waals surface area contributed by atoms with E-state index < -0.39 is 12.2 Å². The highest BCUT2D eigenvalue weighted by Gasteiger charge is 2.08. The van der Waals surface area contributed by atoms with Crippen LogP contribution in [0.25, 0.3) is 0 Å². The summed E-state index contributed by atoms with van der Waals surface area (Å²) in [5, 5.41) is 37.5. The van der Waals surface area contributed by atoms with E-state index in [0.717, 1.165) is 63.7 Å². The van der Waals surface area contributed by atoms with E-state index in [1.165, 1.54) is 11.1 Å². The first kappa shape index (κ1) is 46.4. The Morgan fingerprint density at radius 1 is 0.431 bits per heavy atom. The zero-order valence-corrected chi connectivity index (χ0v) is 32.2. The second kappa shape index (κ2) is 31.0. The molecule has 0 aliphatic carbocycles. The van der Waals surface area contributed by atoms with Crippen molar-refractivity contribution in [2.75, 3.05) is 19.8 Å². The van der Waals surface area contributed by atoms with Crippen molar-refractivity contribution in [1.82, 2.24) is 0 Å². The number of aliphatic hydroxyl groups is 4. The molecule has 4 N–H and O–H groups in total. The summed E-state index contributed by atoms with van der Waals surface area (Å²) in [6, 6.07) is 30.4. The highest BCUT2D eigenvalue weighted by atomic mass is 16.5. The van der Waals surface area contributed by atoms with Gasteiger partial charge in [0, 0.05) is 19.8 Å². The largest absolute Gasteiger partial charge is 0.393 e. The van der Waals surface area contributed by atoms with E-state index in [0.29, 0.717) is 51.1 Å². The maximum absolute atomic E-state index is 9.68. The van der Waals surface area contributed by atoms with Crippen LogP contribution in [0.5, 0.6) is 0 Å². The molecule has 0 spiro atoms. The molecule has 5 atom stereocenters. The number of aliphatic hydroxyl groups excluding tert-OH is 4. The Hall–Kier alpha value is -2.62. The van der Waals surface area contributed by atoms with Crippen molar-refractivity contribution >= 4 is 0 Å². The summed E-state index contributed by atoms with van der Waals surface area (Å²) in [5.74, 6) is 1.14. The maximum atomic E-state index is 9.68. The first-order valence-corrected chi connectivity index (χ1v) is 19.1. The Kier molecular flexibility index (Phi) is 28.2. The molecule has 0 aromatic heterocycles. The van der Waals surface area contributed by atoms with Gasteiger partial charge in [0.2, 0.25) is 0 Å². The van der Waals surface area contributed by atoms with Crippen LogP contribution in [-0.4, -0.2) is 64.7 Å². The highest BCUT2D eigenvalue weighted by Crippen LogP contribution is 2.13. The summed E-state index contributed by atoms with van der Waals surface area (Å²) in [5.41, 5.74) is 3.59. The first-order valence-electron chi connectivity index (χ1n) is 19.1. The van der Waals surface area contributed by atoms with Gasteiger partial charge in [-0.2, -0.15) is 0 Å². The van der Waals surface area contributed by atoms with Crippen LogP contribution >= 0.6 is 0 Å². The fourth-order valence-corrected chi connectivity index (χ4v) is 5.54. The first-order chi connectivity index (χ1) is 24.5. The molecular formula is C44H70O7. The van der Waals surface area contributed by atoms with Gasteiger partial charge in [-0.3, -0.25) is 0 Å². The predicted molar refractivity (Wildman–Crippen MR) is 209 cm³/mol. The molecule has 51 heavy (non-hydrogen) atoms. The Bertz CT molecular complexity index is 996. The molecular weight excluding hydrogens is 640 g/mol. The third-order valence-corrected chi connectivity index (χ3v) is 8.07. The molecule has 3 aromatic carbocycles. The molecule has 0 aliphatic rings. The smallest absolute Gasteiger partial charge is 0.0716 e. The number of hydrogen-bond donors (Lipinski definition) is 4. The van der Waals surface area contributed by atoms with Gasteiger partial charge in [-0.1, -0.05) is 112 Å². The maximum Gasteiger partial charge on any atom is 0.0716 e. The molecule has 3 rings (SSSR count). The van der Waals surface area contributed by atoms with E-state index in [1.807, 2.05) is 73.7 Å². The molecule has 0 saturated carbocycles. The topological polar surface area (TPSA) is 109 Å². The summed E-state index contributed by atoms with van der Waals surface area (Å²) in [7, 11) is 0. The van der Waals surface area contributed by atoms with Gasteiger partial charge in [0.15, 0.2) is 0 Å². The van der Waals surface area contributed by atoms with Crippen LogP contribution in [0.3, 0.4) is 0 Å². The van der Waals surface area contributed by atoms with Crippen LogP contribution in [-0.2, 0) is 34.0 Å². The summed E-state index contributed by atoms with van der Waals surface area (Å²) in [6.45, 7) is 14.2. The summed E-state index contributed by atoms with van der Waals surface area (Å²) < 4.78 is 16.7. The number of hydrogen-bond acceptors (Lipinski definition) is 7. The Morgan fingerprint density at radius 3 is 1.10 bits per heavy atom. The molecule has 3 aromatic rings. The molecule has 7 heteroatoms. The monoisotopic (exact) mass is 711 g/mol. The molecule has 0 saturated heterocycles. The van der Waals surface area contributed by atoms with E-state index >= 15 is 0 Å². The third kappa shape index (κ3) is 29.6. The van der Waals surface area contributed by atoms with Crippen molar-refractivity contribution in [2.45, 2.75) is 137 Å². The van der Waals surface area contributed by atoms with E-state index in [-0.39, 0.29) is 12.2 Å². The summed E-state index contributed by atoms with van der Waals surface area (Å²) >= 11 is 0. The minimum absolute atomic E-state index is 0.171. The van der Waals surface area contributed by atoms with Gasteiger partial charge in [0.1, 0.15) is 0 Å². The van der Waals surface area contributed by atoms with E-state index in [1.54, 1.807) is 6.92 Å². The summed E-state index contributed by atoms with van der Waals surface area (Å²) in [6.07, 6.45) is 6.47. The van der Waals surface area contributed by atoms with Gasteiger partial charge < -0.3 is 34.6 Å². The lowest BCUT2D eigenvalue weighted by Crippen LogP contribution is -2.15. The van der Waals surface area contributed by atoms with Crippen LogP contribution in [0, 0.1) is 11.8 Å². The molecule has 5 unspecified atom stereocenters. The van der Waals surface area contributed by atoms with Gasteiger partial charge in [-0.25, -0.2) is 0 Å². The van der Waals surface area contributed by atoms with Crippen LogP contribution in [0.2, 0.25) is 0 Å². The minimum Gasteiger partial charge on any atom is -0.393 e. The Morgan fingerprint density at radius 2 is 0.765 bits per heavy atom. The van der Waals surface area contributed by atoms with Crippen LogP contribution in [0.15, 0.2) is 91.0 Å². The lowest BCUT2D eigenvalue weighted by atomic mass is 9.99. The lowest BCUT2D eigenvalue weighted by Gasteiger charge is -2.13. The molecule has 0 radical (unpaired) electrons. The average Bonchev–Trinajstić information content (AvgIpc) is 3.09.